The van der Waals surface area contributed by atoms with Gasteiger partial charge in [-0.15, -0.1) is 0 Å². The largest absolute Gasteiger partial charge is 0.345 e. The fourth-order valence-electron chi connectivity index (χ4n) is 2.21. The first-order chi connectivity index (χ1) is 7.13. The van der Waals surface area contributed by atoms with Crippen molar-refractivity contribution < 1.29 is 4.79 Å². The molecule has 0 heterocycles. The van der Waals surface area contributed by atoms with Crippen LogP contribution in [0, 0.1) is 5.41 Å². The topological polar surface area (TPSA) is 46.3 Å². The SMILES string of the molecule is CCCCC(=O)N(C)CC1(CN)CCC1. The molecule has 1 aliphatic carbocycles. The number of carbonyl (C=O) groups excluding carboxylic acids is 1. The fourth-order valence-corrected chi connectivity index (χ4v) is 2.21. The molecule has 0 saturated heterocycles. The van der Waals surface area contributed by atoms with Crippen LogP contribution in [0.4, 0.5) is 0 Å². The van der Waals surface area contributed by atoms with E-state index >= 15 is 0 Å². The summed E-state index contributed by atoms with van der Waals surface area (Å²) >= 11 is 0. The summed E-state index contributed by atoms with van der Waals surface area (Å²) in [5.74, 6) is 0.275. The van der Waals surface area contributed by atoms with Gasteiger partial charge in [-0.3, -0.25) is 4.79 Å². The van der Waals surface area contributed by atoms with Crippen molar-refractivity contribution in [3.8, 4) is 0 Å². The lowest BCUT2D eigenvalue weighted by Gasteiger charge is -2.43. The minimum atomic E-state index is 0.247. The molecule has 15 heavy (non-hydrogen) atoms. The standard InChI is InChI=1S/C12H24N2O/c1-3-4-6-11(15)14(2)10-12(9-13)7-5-8-12/h3-10,13H2,1-2H3. The number of hydrogen-bond acceptors (Lipinski definition) is 2. The second kappa shape index (κ2) is 5.50. The molecule has 0 radical (unpaired) electrons. The summed E-state index contributed by atoms with van der Waals surface area (Å²) in [4.78, 5) is 13.6. The molecular formula is C12H24N2O. The van der Waals surface area contributed by atoms with Crippen LogP contribution in [0.25, 0.3) is 0 Å². The van der Waals surface area contributed by atoms with Crippen LogP contribution in [-0.4, -0.2) is 30.9 Å². The molecule has 3 heteroatoms. The van der Waals surface area contributed by atoms with Gasteiger partial charge in [0, 0.05) is 25.4 Å². The van der Waals surface area contributed by atoms with Gasteiger partial charge in [-0.1, -0.05) is 19.8 Å². The number of rotatable bonds is 6. The monoisotopic (exact) mass is 212 g/mol. The minimum Gasteiger partial charge on any atom is -0.345 e. The fraction of sp³-hybridized carbons (Fsp3) is 0.917. The summed E-state index contributed by atoms with van der Waals surface area (Å²) < 4.78 is 0. The number of carbonyl (C=O) groups is 1. The lowest BCUT2D eigenvalue weighted by molar-refractivity contribution is -0.132. The first-order valence-electron chi connectivity index (χ1n) is 6.07. The van der Waals surface area contributed by atoms with Gasteiger partial charge in [-0.05, 0) is 25.8 Å². The van der Waals surface area contributed by atoms with Crippen molar-refractivity contribution in [2.75, 3.05) is 20.1 Å². The molecule has 2 N–H and O–H groups in total. The molecular weight excluding hydrogens is 188 g/mol. The molecule has 0 aromatic rings. The van der Waals surface area contributed by atoms with Crippen molar-refractivity contribution in [3.63, 3.8) is 0 Å². The third-order valence-corrected chi connectivity index (χ3v) is 3.59. The zero-order chi connectivity index (χ0) is 11.3. The number of nitrogens with two attached hydrogens (primary N) is 1. The van der Waals surface area contributed by atoms with Gasteiger partial charge in [0.1, 0.15) is 0 Å². The lowest BCUT2D eigenvalue weighted by Crippen LogP contribution is -2.47. The second-order valence-electron chi connectivity index (χ2n) is 4.91. The smallest absolute Gasteiger partial charge is 0.222 e. The minimum absolute atomic E-state index is 0.247. The molecule has 1 saturated carbocycles. The van der Waals surface area contributed by atoms with Crippen molar-refractivity contribution in [3.05, 3.63) is 0 Å². The Morgan fingerprint density at radius 2 is 2.13 bits per heavy atom. The van der Waals surface area contributed by atoms with Crippen LogP contribution in [0.15, 0.2) is 0 Å². The molecule has 3 nitrogen and oxygen atoms in total. The van der Waals surface area contributed by atoms with Crippen LogP contribution in [0.3, 0.4) is 0 Å². The summed E-state index contributed by atoms with van der Waals surface area (Å²) in [6.45, 7) is 3.69. The number of hydrogen-bond donors (Lipinski definition) is 1. The van der Waals surface area contributed by atoms with Crippen molar-refractivity contribution in [2.45, 2.75) is 45.4 Å². The highest BCUT2D eigenvalue weighted by molar-refractivity contribution is 5.75. The van der Waals surface area contributed by atoms with Gasteiger partial charge in [0.2, 0.25) is 5.91 Å². The van der Waals surface area contributed by atoms with Gasteiger partial charge in [0.25, 0.3) is 0 Å². The molecule has 0 bridgehead atoms. The number of unbranched alkanes of at least 4 members (excludes halogenated alkanes) is 1. The van der Waals surface area contributed by atoms with Crippen LogP contribution >= 0.6 is 0 Å². The van der Waals surface area contributed by atoms with Crippen LogP contribution in [0.1, 0.15) is 45.4 Å². The van der Waals surface area contributed by atoms with Crippen molar-refractivity contribution in [1.29, 1.82) is 0 Å². The number of nitrogens with zero attached hydrogens (tertiary/aromatic N) is 1. The average Bonchev–Trinajstić information content (AvgIpc) is 2.19. The van der Waals surface area contributed by atoms with Gasteiger partial charge in [-0.25, -0.2) is 0 Å². The molecule has 0 unspecified atom stereocenters. The quantitative estimate of drug-likeness (QED) is 0.729. The predicted octanol–water partition coefficient (Wildman–Crippen LogP) is 1.76. The lowest BCUT2D eigenvalue weighted by atomic mass is 9.68. The van der Waals surface area contributed by atoms with Gasteiger partial charge in [0.05, 0.1) is 0 Å². The Hall–Kier alpha value is -0.570. The highest BCUT2D eigenvalue weighted by Crippen LogP contribution is 2.40. The normalized spacial score (nSPS) is 18.3. The van der Waals surface area contributed by atoms with E-state index in [4.69, 9.17) is 5.73 Å². The predicted molar refractivity (Wildman–Crippen MR) is 62.5 cm³/mol. The Balaban J connectivity index is 2.33. The van der Waals surface area contributed by atoms with E-state index in [0.29, 0.717) is 6.42 Å². The van der Waals surface area contributed by atoms with Gasteiger partial charge >= 0.3 is 0 Å². The summed E-state index contributed by atoms with van der Waals surface area (Å²) in [5, 5.41) is 0. The molecule has 1 fully saturated rings. The maximum absolute atomic E-state index is 11.7. The Morgan fingerprint density at radius 3 is 2.53 bits per heavy atom. The molecule has 0 atom stereocenters. The summed E-state index contributed by atoms with van der Waals surface area (Å²) in [6, 6.07) is 0. The van der Waals surface area contributed by atoms with Crippen molar-refractivity contribution in [2.24, 2.45) is 11.1 Å². The van der Waals surface area contributed by atoms with Crippen molar-refractivity contribution in [1.82, 2.24) is 4.90 Å². The average molecular weight is 212 g/mol. The van der Waals surface area contributed by atoms with Crippen LogP contribution in [-0.2, 0) is 4.79 Å². The van der Waals surface area contributed by atoms with Crippen LogP contribution in [0.2, 0.25) is 0 Å². The molecule has 0 aromatic carbocycles. The van der Waals surface area contributed by atoms with Crippen molar-refractivity contribution >= 4 is 5.91 Å². The maximum Gasteiger partial charge on any atom is 0.222 e. The summed E-state index contributed by atoms with van der Waals surface area (Å²) in [7, 11) is 1.91. The molecule has 88 valence electrons. The van der Waals surface area contributed by atoms with E-state index in [1.807, 2.05) is 11.9 Å². The van der Waals surface area contributed by atoms with E-state index in [1.165, 1.54) is 19.3 Å². The molecule has 1 aliphatic rings. The van der Waals surface area contributed by atoms with Gasteiger partial charge in [-0.2, -0.15) is 0 Å². The molecule has 0 aliphatic heterocycles. The van der Waals surface area contributed by atoms with E-state index in [1.54, 1.807) is 0 Å². The van der Waals surface area contributed by atoms with Gasteiger partial charge < -0.3 is 10.6 Å². The zero-order valence-corrected chi connectivity index (χ0v) is 10.1. The highest BCUT2D eigenvalue weighted by Gasteiger charge is 2.37. The van der Waals surface area contributed by atoms with E-state index in [9.17, 15) is 4.79 Å². The summed E-state index contributed by atoms with van der Waals surface area (Å²) in [5.41, 5.74) is 6.03. The van der Waals surface area contributed by atoms with E-state index in [2.05, 4.69) is 6.92 Å². The molecule has 0 aromatic heterocycles. The molecule has 1 amide bonds. The Labute approximate surface area is 93.0 Å². The maximum atomic E-state index is 11.7. The van der Waals surface area contributed by atoms with E-state index < -0.39 is 0 Å². The van der Waals surface area contributed by atoms with Gasteiger partial charge in [0.15, 0.2) is 0 Å². The van der Waals surface area contributed by atoms with Crippen LogP contribution < -0.4 is 5.73 Å². The summed E-state index contributed by atoms with van der Waals surface area (Å²) in [6.07, 6.45) is 6.42. The second-order valence-corrected chi connectivity index (χ2v) is 4.91. The van der Waals surface area contributed by atoms with E-state index in [0.717, 1.165) is 25.9 Å². The molecule has 1 rings (SSSR count). The van der Waals surface area contributed by atoms with Crippen LogP contribution in [0.5, 0.6) is 0 Å². The Kier molecular flexibility index (Phi) is 4.58. The number of amides is 1. The highest BCUT2D eigenvalue weighted by atomic mass is 16.2. The first kappa shape index (κ1) is 12.5. The first-order valence-corrected chi connectivity index (χ1v) is 6.07. The Bertz CT molecular complexity index is 206. The molecule has 0 spiro atoms. The zero-order valence-electron chi connectivity index (χ0n) is 10.1. The Morgan fingerprint density at radius 1 is 1.47 bits per heavy atom. The third-order valence-electron chi connectivity index (χ3n) is 3.59. The third kappa shape index (κ3) is 3.20. The van der Waals surface area contributed by atoms with E-state index in [-0.39, 0.29) is 11.3 Å².